The van der Waals surface area contributed by atoms with Crippen LogP contribution in [-0.2, 0) is 11.3 Å². The molecule has 1 aromatic heterocycles. The third-order valence-corrected chi connectivity index (χ3v) is 6.78. The number of H-pyrrole nitrogens is 1. The maximum Gasteiger partial charge on any atom is 0.407 e. The molecule has 1 aliphatic carbocycles. The molecule has 0 bridgehead atoms. The number of carbonyl (C=O) groups excluding carboxylic acids is 2. The van der Waals surface area contributed by atoms with E-state index < -0.39 is 12.2 Å². The topological polar surface area (TPSA) is 83.2 Å². The molecule has 0 unspecified atom stereocenters. The number of fused-ring (bicyclic) bond motifs is 10. The van der Waals surface area contributed by atoms with E-state index in [2.05, 4.69) is 46.5 Å². The Balaban J connectivity index is 1.64. The molecule has 3 N–H and O–H groups in total. The van der Waals surface area contributed by atoms with Crippen LogP contribution in [0.25, 0.3) is 32.9 Å². The summed E-state index contributed by atoms with van der Waals surface area (Å²) >= 11 is 0. The van der Waals surface area contributed by atoms with Crippen LogP contribution >= 0.6 is 0 Å². The van der Waals surface area contributed by atoms with E-state index in [9.17, 15) is 9.59 Å². The lowest BCUT2D eigenvalue weighted by Crippen LogP contribution is -2.30. The van der Waals surface area contributed by atoms with Crippen molar-refractivity contribution in [3.8, 4) is 11.1 Å². The van der Waals surface area contributed by atoms with E-state index in [1.807, 2.05) is 31.2 Å². The summed E-state index contributed by atoms with van der Waals surface area (Å²) in [5.41, 5.74) is 7.83. The number of nitrogens with one attached hydrogen (secondary N) is 3. The molecule has 2 atom stereocenters. The van der Waals surface area contributed by atoms with Gasteiger partial charge in [-0.1, -0.05) is 48.5 Å². The van der Waals surface area contributed by atoms with Crippen LogP contribution in [0.4, 0.5) is 4.79 Å². The zero-order valence-corrected chi connectivity index (χ0v) is 18.2. The molecule has 3 aromatic carbocycles. The first kappa shape index (κ1) is 19.6. The van der Waals surface area contributed by atoms with Crippen LogP contribution in [0.3, 0.4) is 0 Å². The number of alkyl carbamates (subject to hydrolysis) is 1. The predicted molar refractivity (Wildman–Crippen MR) is 128 cm³/mol. The molecule has 164 valence electrons. The van der Waals surface area contributed by atoms with Gasteiger partial charge in [-0.25, -0.2) is 4.79 Å². The Morgan fingerprint density at radius 2 is 2.00 bits per heavy atom. The van der Waals surface area contributed by atoms with Crippen molar-refractivity contribution in [2.24, 2.45) is 0 Å². The number of carbonyl (C=O) groups is 2. The van der Waals surface area contributed by atoms with Crippen LogP contribution in [0.15, 0.2) is 61.2 Å². The van der Waals surface area contributed by atoms with E-state index >= 15 is 0 Å². The fourth-order valence-electron chi connectivity index (χ4n) is 5.54. The Hall–Kier alpha value is -4.06. The monoisotopic (exact) mass is 437 g/mol. The number of aromatic nitrogens is 1. The lowest BCUT2D eigenvalue weighted by Gasteiger charge is -2.23. The normalized spacial score (nSPS) is 16.8. The van der Waals surface area contributed by atoms with Gasteiger partial charge < -0.3 is 20.4 Å². The molecule has 2 heterocycles. The van der Waals surface area contributed by atoms with Crippen LogP contribution in [-0.4, -0.2) is 29.6 Å². The van der Waals surface area contributed by atoms with Gasteiger partial charge in [0.2, 0.25) is 0 Å². The van der Waals surface area contributed by atoms with Gasteiger partial charge in [-0.15, -0.1) is 6.58 Å². The molecule has 0 saturated heterocycles. The third-order valence-electron chi connectivity index (χ3n) is 6.78. The van der Waals surface area contributed by atoms with E-state index in [0.29, 0.717) is 13.1 Å². The minimum Gasteiger partial charge on any atom is -0.446 e. The molecule has 0 spiro atoms. The van der Waals surface area contributed by atoms with Crippen molar-refractivity contribution in [1.82, 2.24) is 15.6 Å². The highest BCUT2D eigenvalue weighted by molar-refractivity contribution is 6.20. The number of ether oxygens (including phenoxy) is 1. The Bertz CT molecular complexity index is 1480. The molecule has 1 aliphatic heterocycles. The number of rotatable bonds is 4. The van der Waals surface area contributed by atoms with Crippen molar-refractivity contribution in [1.29, 1.82) is 0 Å². The molecule has 33 heavy (non-hydrogen) atoms. The molecule has 2 amide bonds. The fourth-order valence-corrected chi connectivity index (χ4v) is 5.54. The van der Waals surface area contributed by atoms with Gasteiger partial charge in [0.25, 0.3) is 5.91 Å². The number of hydrogen-bond acceptors (Lipinski definition) is 3. The third kappa shape index (κ3) is 2.73. The average Bonchev–Trinajstić information content (AvgIpc) is 3.48. The zero-order chi connectivity index (χ0) is 22.7. The lowest BCUT2D eigenvalue weighted by atomic mass is 9.87. The number of para-hydroxylation sites is 1. The van der Waals surface area contributed by atoms with Gasteiger partial charge >= 0.3 is 6.09 Å². The quantitative estimate of drug-likeness (QED) is 0.394. The Kier molecular flexibility index (Phi) is 4.30. The van der Waals surface area contributed by atoms with Crippen LogP contribution in [0.2, 0.25) is 0 Å². The Morgan fingerprint density at radius 1 is 1.21 bits per heavy atom. The lowest BCUT2D eigenvalue weighted by molar-refractivity contribution is 0.0961. The minimum atomic E-state index is -0.486. The van der Waals surface area contributed by atoms with Gasteiger partial charge in [-0.05, 0) is 35.2 Å². The van der Waals surface area contributed by atoms with Crippen molar-refractivity contribution in [3.05, 3.63) is 83.4 Å². The molecular formula is C27H23N3O3. The minimum absolute atomic E-state index is 0.0545. The summed E-state index contributed by atoms with van der Waals surface area (Å²) in [5.74, 6) is -0.263. The van der Waals surface area contributed by atoms with Crippen LogP contribution in [0.5, 0.6) is 0 Å². The largest absolute Gasteiger partial charge is 0.446 e. The first-order valence-electron chi connectivity index (χ1n) is 11.1. The van der Waals surface area contributed by atoms with Gasteiger partial charge in [0.05, 0.1) is 11.1 Å². The second-order valence-electron chi connectivity index (χ2n) is 8.59. The SMILES string of the molecule is C=CCNC(=O)O[C@H](C)[C@H]1c2ccccc2-c2c3c(c4c([nH]c5ccccc54)c21)CNC3=O. The molecule has 4 aromatic rings. The van der Waals surface area contributed by atoms with Crippen molar-refractivity contribution in [3.63, 3.8) is 0 Å². The standard InChI is InChI=1S/C27H23N3O3/c1-3-12-28-27(32)33-14(2)20-15-8-4-5-9-16(15)22-23-18(13-29-26(23)31)21-17-10-6-7-11-19(17)30-25(21)24(20)22/h3-11,14,20,30H,1,12-13H2,2H3,(H,28,32)(H,29,31)/t14-,20+/m1/s1. The highest BCUT2D eigenvalue weighted by atomic mass is 16.6. The van der Waals surface area contributed by atoms with Crippen molar-refractivity contribution in [2.75, 3.05) is 6.54 Å². The van der Waals surface area contributed by atoms with Gasteiger partial charge in [-0.2, -0.15) is 0 Å². The predicted octanol–water partition coefficient (Wildman–Crippen LogP) is 4.98. The number of aromatic amines is 1. The van der Waals surface area contributed by atoms with Gasteiger partial charge in [0.15, 0.2) is 0 Å². The van der Waals surface area contributed by atoms with Gasteiger partial charge in [0.1, 0.15) is 6.10 Å². The molecule has 0 fully saturated rings. The molecule has 6 nitrogen and oxygen atoms in total. The van der Waals surface area contributed by atoms with E-state index in [0.717, 1.165) is 55.2 Å². The summed E-state index contributed by atoms with van der Waals surface area (Å²) in [6.45, 7) is 6.38. The average molecular weight is 437 g/mol. The van der Waals surface area contributed by atoms with E-state index in [4.69, 9.17) is 4.74 Å². The first-order chi connectivity index (χ1) is 16.1. The first-order valence-corrected chi connectivity index (χ1v) is 11.1. The van der Waals surface area contributed by atoms with Crippen LogP contribution < -0.4 is 10.6 Å². The van der Waals surface area contributed by atoms with E-state index in [1.165, 1.54) is 0 Å². The second-order valence-corrected chi connectivity index (χ2v) is 8.59. The second kappa shape index (κ2) is 7.24. The molecule has 2 aliphatic rings. The Morgan fingerprint density at radius 3 is 2.85 bits per heavy atom. The summed E-state index contributed by atoms with van der Waals surface area (Å²) in [4.78, 5) is 29.1. The highest BCUT2D eigenvalue weighted by Crippen LogP contribution is 2.54. The molecule has 6 heteroatoms. The summed E-state index contributed by atoms with van der Waals surface area (Å²) in [6.07, 6.45) is 0.677. The van der Waals surface area contributed by atoms with Crippen LogP contribution in [0, 0.1) is 0 Å². The number of amides is 2. The van der Waals surface area contributed by atoms with Gasteiger partial charge in [-0.3, -0.25) is 4.79 Å². The van der Waals surface area contributed by atoms with Gasteiger partial charge in [0, 0.05) is 40.9 Å². The van der Waals surface area contributed by atoms with Crippen molar-refractivity contribution < 1.29 is 14.3 Å². The summed E-state index contributed by atoms with van der Waals surface area (Å²) in [5, 5.41) is 7.89. The molecule has 6 rings (SSSR count). The molecular weight excluding hydrogens is 414 g/mol. The van der Waals surface area contributed by atoms with Crippen molar-refractivity contribution >= 4 is 33.8 Å². The van der Waals surface area contributed by atoms with Crippen molar-refractivity contribution in [2.45, 2.75) is 25.5 Å². The zero-order valence-electron chi connectivity index (χ0n) is 18.2. The number of benzene rings is 3. The molecule has 0 radical (unpaired) electrons. The van der Waals surface area contributed by atoms with E-state index in [1.54, 1.807) is 6.08 Å². The summed E-state index contributed by atoms with van der Waals surface area (Å²) in [7, 11) is 0. The Labute approximate surface area is 190 Å². The highest BCUT2D eigenvalue weighted by Gasteiger charge is 2.41. The molecule has 0 saturated carbocycles. The maximum absolute atomic E-state index is 13.1. The van der Waals surface area contributed by atoms with Crippen LogP contribution in [0.1, 0.15) is 39.9 Å². The van der Waals surface area contributed by atoms with E-state index in [-0.39, 0.29) is 11.8 Å². The number of hydrogen-bond donors (Lipinski definition) is 3. The summed E-state index contributed by atoms with van der Waals surface area (Å²) < 4.78 is 5.81. The smallest absolute Gasteiger partial charge is 0.407 e. The maximum atomic E-state index is 13.1. The summed E-state index contributed by atoms with van der Waals surface area (Å²) in [6, 6.07) is 16.3. The fraction of sp³-hybridized carbons (Fsp3) is 0.185.